The Labute approximate surface area is 543 Å². The second kappa shape index (κ2) is 63.5. The Hall–Kier alpha value is -1.94. The first-order valence-electron chi connectivity index (χ1n) is 36.6. The van der Waals surface area contributed by atoms with Crippen LogP contribution in [0.5, 0.6) is 0 Å². The molecule has 0 bridgehead atoms. The number of phosphoric acid groups is 2. The number of carbonyl (C=O) groups excluding carboxylic acids is 4. The quantitative estimate of drug-likeness (QED) is 0.0222. The molecule has 0 amide bonds. The average molecular weight is 1310 g/mol. The van der Waals surface area contributed by atoms with Crippen LogP contribution >= 0.6 is 15.6 Å². The number of esters is 4. The number of carbonyl (C=O) groups is 4. The summed E-state index contributed by atoms with van der Waals surface area (Å²) in [6, 6.07) is 0. The molecule has 17 nitrogen and oxygen atoms in total. The molecule has 2 unspecified atom stereocenters. The van der Waals surface area contributed by atoms with Crippen LogP contribution in [0.25, 0.3) is 0 Å². The highest BCUT2D eigenvalue weighted by Crippen LogP contribution is 2.45. The molecule has 528 valence electrons. The van der Waals surface area contributed by atoms with E-state index in [1.807, 2.05) is 0 Å². The van der Waals surface area contributed by atoms with Gasteiger partial charge in [-0.25, -0.2) is 9.13 Å². The molecule has 0 aromatic rings. The molecule has 0 heterocycles. The van der Waals surface area contributed by atoms with E-state index in [0.717, 1.165) is 102 Å². The fraction of sp³-hybridized carbons (Fsp3) is 0.943. The molecule has 0 radical (unpaired) electrons. The van der Waals surface area contributed by atoms with Crippen LogP contribution in [0.2, 0.25) is 0 Å². The van der Waals surface area contributed by atoms with Crippen LogP contribution in [-0.4, -0.2) is 96.7 Å². The molecule has 0 aliphatic rings. The van der Waals surface area contributed by atoms with Gasteiger partial charge in [-0.2, -0.15) is 0 Å². The van der Waals surface area contributed by atoms with E-state index in [0.29, 0.717) is 25.7 Å². The molecule has 0 saturated carbocycles. The van der Waals surface area contributed by atoms with Gasteiger partial charge in [0.1, 0.15) is 19.3 Å². The monoisotopic (exact) mass is 1310 g/mol. The largest absolute Gasteiger partial charge is 0.472 e. The Balaban J connectivity index is 5.22. The van der Waals surface area contributed by atoms with Crippen LogP contribution in [0.3, 0.4) is 0 Å². The molecule has 0 saturated heterocycles. The average Bonchev–Trinajstić information content (AvgIpc) is 3.72. The van der Waals surface area contributed by atoms with Crippen molar-refractivity contribution in [1.29, 1.82) is 0 Å². The first-order chi connectivity index (χ1) is 43.0. The maximum Gasteiger partial charge on any atom is 0.472 e. The van der Waals surface area contributed by atoms with Crippen molar-refractivity contribution < 1.29 is 80.2 Å². The third-order valence-electron chi connectivity index (χ3n) is 16.3. The predicted molar refractivity (Wildman–Crippen MR) is 358 cm³/mol. The summed E-state index contributed by atoms with van der Waals surface area (Å²) in [5.41, 5.74) is 0. The van der Waals surface area contributed by atoms with E-state index in [-0.39, 0.29) is 25.7 Å². The zero-order valence-corrected chi connectivity index (χ0v) is 59.4. The molecular weight excluding hydrogens is 1170 g/mol. The number of hydrogen-bond acceptors (Lipinski definition) is 15. The number of phosphoric ester groups is 2. The smallest absolute Gasteiger partial charge is 0.462 e. The van der Waals surface area contributed by atoms with E-state index in [2.05, 4.69) is 34.6 Å². The van der Waals surface area contributed by atoms with E-state index in [1.54, 1.807) is 0 Å². The Morgan fingerprint density at radius 3 is 0.764 bits per heavy atom. The standard InChI is InChI=1S/C70H136O17P2/c1-6-9-12-15-18-21-23-25-30-34-39-44-49-54-68(73)81-60-66(87-70(75)56-51-46-41-36-32-28-27-29-33-37-42-47-52-63(4)5)62-85-89(78,79)83-58-64(71)57-82-88(76,77)84-61-65(59-80-67(72)53-48-43-38-20-17-14-11-8-3)86-69(74)55-50-45-40-35-31-26-24-22-19-16-13-10-7-2/h63-66,71H,6-62H2,1-5H3,(H,76,77)(H,78,79)/t64-,65+,66+/m0/s1. The van der Waals surface area contributed by atoms with Crippen molar-refractivity contribution in [2.24, 2.45) is 5.92 Å². The van der Waals surface area contributed by atoms with Crippen LogP contribution in [0.15, 0.2) is 0 Å². The number of aliphatic hydroxyl groups is 1. The van der Waals surface area contributed by atoms with Crippen LogP contribution in [0, 0.1) is 5.92 Å². The minimum Gasteiger partial charge on any atom is -0.462 e. The molecule has 5 atom stereocenters. The SMILES string of the molecule is CCCCCCCCCCCCCCCC(=O)OC[C@H](COP(=O)(O)OC[C@@H](O)COP(=O)(O)OC[C@@H](COC(=O)CCCCCCCCCC)OC(=O)CCCCCCCCCCCCCCC)OC(=O)CCCCCCCCCCCCCCC(C)C. The van der Waals surface area contributed by atoms with Gasteiger partial charge in [0.25, 0.3) is 0 Å². The summed E-state index contributed by atoms with van der Waals surface area (Å²) in [6.45, 7) is 7.24. The van der Waals surface area contributed by atoms with Gasteiger partial charge in [-0.1, -0.05) is 311 Å². The molecular formula is C70H136O17P2. The highest BCUT2D eigenvalue weighted by atomic mass is 31.2. The molecule has 0 aromatic heterocycles. The molecule has 19 heteroatoms. The summed E-state index contributed by atoms with van der Waals surface area (Å²) in [4.78, 5) is 72.5. The number of rotatable bonds is 70. The highest BCUT2D eigenvalue weighted by Gasteiger charge is 2.30. The Morgan fingerprint density at radius 1 is 0.303 bits per heavy atom. The van der Waals surface area contributed by atoms with Crippen LogP contribution in [0.4, 0.5) is 0 Å². The summed E-state index contributed by atoms with van der Waals surface area (Å²) in [6.07, 6.45) is 49.8. The maximum absolute atomic E-state index is 13.0. The lowest BCUT2D eigenvalue weighted by atomic mass is 10.0. The third kappa shape index (κ3) is 64.6. The molecule has 3 N–H and O–H groups in total. The summed E-state index contributed by atoms with van der Waals surface area (Å²) < 4.78 is 68.2. The lowest BCUT2D eigenvalue weighted by molar-refractivity contribution is -0.161. The van der Waals surface area contributed by atoms with Crippen molar-refractivity contribution in [2.45, 2.75) is 380 Å². The zero-order chi connectivity index (χ0) is 65.6. The van der Waals surface area contributed by atoms with Gasteiger partial charge in [-0.15, -0.1) is 0 Å². The molecule has 0 aliphatic heterocycles. The molecule has 0 fully saturated rings. The predicted octanol–water partition coefficient (Wildman–Crippen LogP) is 20.1. The van der Waals surface area contributed by atoms with Crippen LogP contribution in [-0.2, 0) is 65.4 Å². The molecule has 89 heavy (non-hydrogen) atoms. The van der Waals surface area contributed by atoms with Crippen molar-refractivity contribution >= 4 is 39.5 Å². The first kappa shape index (κ1) is 87.1. The van der Waals surface area contributed by atoms with Gasteiger partial charge < -0.3 is 33.8 Å². The topological polar surface area (TPSA) is 237 Å². The van der Waals surface area contributed by atoms with Crippen LogP contribution < -0.4 is 0 Å². The lowest BCUT2D eigenvalue weighted by Gasteiger charge is -2.21. The molecule has 0 spiro atoms. The van der Waals surface area contributed by atoms with E-state index >= 15 is 0 Å². The van der Waals surface area contributed by atoms with E-state index in [9.17, 15) is 43.2 Å². The van der Waals surface area contributed by atoms with Gasteiger partial charge in [0.05, 0.1) is 26.4 Å². The van der Waals surface area contributed by atoms with Crippen molar-refractivity contribution in [3.63, 3.8) is 0 Å². The van der Waals surface area contributed by atoms with Gasteiger partial charge in [-0.05, 0) is 31.6 Å². The summed E-state index contributed by atoms with van der Waals surface area (Å²) in [5.74, 6) is -1.35. The van der Waals surface area contributed by atoms with Crippen molar-refractivity contribution in [1.82, 2.24) is 0 Å². The van der Waals surface area contributed by atoms with Gasteiger partial charge in [0, 0.05) is 25.7 Å². The van der Waals surface area contributed by atoms with Gasteiger partial charge in [-0.3, -0.25) is 37.3 Å². The second-order valence-electron chi connectivity index (χ2n) is 25.7. The minimum atomic E-state index is -4.95. The van der Waals surface area contributed by atoms with E-state index in [1.165, 1.54) is 180 Å². The van der Waals surface area contributed by atoms with Crippen molar-refractivity contribution in [2.75, 3.05) is 39.6 Å². The van der Waals surface area contributed by atoms with E-state index in [4.69, 9.17) is 37.0 Å². The fourth-order valence-corrected chi connectivity index (χ4v) is 12.2. The highest BCUT2D eigenvalue weighted by molar-refractivity contribution is 7.47. The van der Waals surface area contributed by atoms with Crippen molar-refractivity contribution in [3.8, 4) is 0 Å². The number of unbranched alkanes of at least 4 members (excludes halogenated alkanes) is 42. The van der Waals surface area contributed by atoms with Gasteiger partial charge in [0.2, 0.25) is 0 Å². The maximum atomic E-state index is 13.0. The number of aliphatic hydroxyl groups excluding tert-OH is 1. The molecule has 0 aromatic carbocycles. The minimum absolute atomic E-state index is 0.107. The van der Waals surface area contributed by atoms with Gasteiger partial charge in [0.15, 0.2) is 12.2 Å². The van der Waals surface area contributed by atoms with Crippen molar-refractivity contribution in [3.05, 3.63) is 0 Å². The summed E-state index contributed by atoms with van der Waals surface area (Å²) in [7, 11) is -9.90. The third-order valence-corrected chi connectivity index (χ3v) is 18.2. The lowest BCUT2D eigenvalue weighted by Crippen LogP contribution is -2.30. The summed E-state index contributed by atoms with van der Waals surface area (Å²) in [5, 5.41) is 10.6. The number of hydrogen-bond donors (Lipinski definition) is 3. The molecule has 0 aliphatic carbocycles. The summed E-state index contributed by atoms with van der Waals surface area (Å²) >= 11 is 0. The Kier molecular flexibility index (Phi) is 62.1. The molecule has 0 rings (SSSR count). The second-order valence-corrected chi connectivity index (χ2v) is 28.7. The number of ether oxygens (including phenoxy) is 4. The van der Waals surface area contributed by atoms with Gasteiger partial charge >= 0.3 is 39.5 Å². The normalized spacial score (nSPS) is 14.1. The Morgan fingerprint density at radius 2 is 0.517 bits per heavy atom. The Bertz CT molecular complexity index is 1720. The van der Waals surface area contributed by atoms with E-state index < -0.39 is 97.5 Å². The first-order valence-corrected chi connectivity index (χ1v) is 39.6. The fourth-order valence-electron chi connectivity index (χ4n) is 10.6. The zero-order valence-electron chi connectivity index (χ0n) is 57.6. The van der Waals surface area contributed by atoms with Crippen LogP contribution in [0.1, 0.15) is 362 Å².